The molecule has 0 spiro atoms. The molecule has 0 radical (unpaired) electrons. The smallest absolute Gasteiger partial charge is 0.241 e. The molecular weight excluding hydrogens is 342 g/mol. The van der Waals surface area contributed by atoms with E-state index in [1.54, 1.807) is 6.07 Å². The number of rotatable bonds is 6. The van der Waals surface area contributed by atoms with Gasteiger partial charge in [0.05, 0.1) is 11.5 Å². The van der Waals surface area contributed by atoms with E-state index in [0.717, 1.165) is 11.1 Å². The third-order valence-corrected chi connectivity index (χ3v) is 5.43. The first-order valence-corrected chi connectivity index (χ1v) is 8.07. The second kappa shape index (κ2) is 6.86. The Morgan fingerprint density at radius 3 is 2.67 bits per heavy atom. The molecule has 4 nitrogen and oxygen atoms in total. The van der Waals surface area contributed by atoms with Crippen molar-refractivity contribution in [2.24, 2.45) is 0 Å². The lowest BCUT2D eigenvalue weighted by Crippen LogP contribution is -2.27. The number of alkyl halides is 1. The Labute approximate surface area is 121 Å². The fourth-order valence-electron chi connectivity index (χ4n) is 1.44. The second-order valence-electron chi connectivity index (χ2n) is 3.75. The highest BCUT2D eigenvalue weighted by molar-refractivity contribution is 9.10. The van der Waals surface area contributed by atoms with Gasteiger partial charge in [0, 0.05) is 24.0 Å². The Morgan fingerprint density at radius 2 is 2.11 bits per heavy atom. The van der Waals surface area contributed by atoms with Gasteiger partial charge in [-0.2, -0.15) is 0 Å². The van der Waals surface area contributed by atoms with Gasteiger partial charge in [-0.05, 0) is 40.0 Å². The second-order valence-corrected chi connectivity index (χ2v) is 6.54. The van der Waals surface area contributed by atoms with Gasteiger partial charge in [-0.25, -0.2) is 13.1 Å². The van der Waals surface area contributed by atoms with Crippen LogP contribution in [0.25, 0.3) is 0 Å². The van der Waals surface area contributed by atoms with Crippen LogP contribution in [0.15, 0.2) is 21.5 Å². The first-order valence-electron chi connectivity index (χ1n) is 5.26. The van der Waals surface area contributed by atoms with Gasteiger partial charge in [0.2, 0.25) is 10.0 Å². The van der Waals surface area contributed by atoms with Crippen LogP contribution in [0.5, 0.6) is 0 Å². The molecule has 1 aromatic rings. The minimum absolute atomic E-state index is 0.203. The Balaban J connectivity index is 3.11. The van der Waals surface area contributed by atoms with Crippen molar-refractivity contribution in [3.63, 3.8) is 0 Å². The zero-order chi connectivity index (χ0) is 13.8. The summed E-state index contributed by atoms with van der Waals surface area (Å²) in [5.41, 5.74) is 1.60. The quantitative estimate of drug-likeness (QED) is 0.629. The number of ether oxygens (including phenoxy) is 1. The molecule has 1 rings (SSSR count). The molecule has 0 heterocycles. The van der Waals surface area contributed by atoms with Gasteiger partial charge in [-0.15, -0.1) is 11.6 Å². The molecule has 1 N–H and O–H groups in total. The van der Waals surface area contributed by atoms with E-state index in [1.807, 2.05) is 13.0 Å². The monoisotopic (exact) mass is 355 g/mol. The van der Waals surface area contributed by atoms with Crippen LogP contribution in [0.2, 0.25) is 0 Å². The maximum absolute atomic E-state index is 12.1. The van der Waals surface area contributed by atoms with Crippen LogP contribution in [-0.2, 0) is 20.6 Å². The Hall–Kier alpha value is -0.140. The lowest BCUT2D eigenvalue weighted by Gasteiger charge is -2.11. The SMILES string of the molecule is COCCNS(=O)(=O)c1cc(CCl)cc(C)c1Br. The molecule has 0 bridgehead atoms. The number of benzene rings is 1. The van der Waals surface area contributed by atoms with Crippen molar-refractivity contribution in [1.82, 2.24) is 4.72 Å². The largest absolute Gasteiger partial charge is 0.383 e. The lowest BCUT2D eigenvalue weighted by atomic mass is 10.2. The summed E-state index contributed by atoms with van der Waals surface area (Å²) < 4.78 is 32.1. The summed E-state index contributed by atoms with van der Waals surface area (Å²) in [7, 11) is -2.04. The maximum Gasteiger partial charge on any atom is 0.241 e. The minimum atomic E-state index is -3.55. The summed E-state index contributed by atoms with van der Waals surface area (Å²) in [6, 6.07) is 3.42. The van der Waals surface area contributed by atoms with Gasteiger partial charge in [-0.3, -0.25) is 0 Å². The van der Waals surface area contributed by atoms with Crippen LogP contribution in [0, 0.1) is 6.92 Å². The summed E-state index contributed by atoms with van der Waals surface area (Å²) >= 11 is 9.04. The van der Waals surface area contributed by atoms with E-state index in [1.165, 1.54) is 7.11 Å². The molecule has 1 aromatic carbocycles. The van der Waals surface area contributed by atoms with Crippen LogP contribution in [0.1, 0.15) is 11.1 Å². The van der Waals surface area contributed by atoms with E-state index in [9.17, 15) is 8.42 Å². The van der Waals surface area contributed by atoms with E-state index < -0.39 is 10.0 Å². The van der Waals surface area contributed by atoms with Crippen molar-refractivity contribution >= 4 is 37.6 Å². The molecule has 0 aliphatic heterocycles. The number of nitrogens with one attached hydrogen (secondary N) is 1. The molecule has 0 aromatic heterocycles. The zero-order valence-corrected chi connectivity index (χ0v) is 13.3. The van der Waals surface area contributed by atoms with Crippen molar-refractivity contribution in [2.45, 2.75) is 17.7 Å². The molecule has 18 heavy (non-hydrogen) atoms. The number of hydrogen-bond acceptors (Lipinski definition) is 3. The first-order chi connectivity index (χ1) is 8.42. The topological polar surface area (TPSA) is 55.4 Å². The van der Waals surface area contributed by atoms with E-state index in [0.29, 0.717) is 11.1 Å². The summed E-state index contributed by atoms with van der Waals surface area (Å²) in [6.07, 6.45) is 0. The van der Waals surface area contributed by atoms with Crippen molar-refractivity contribution in [3.8, 4) is 0 Å². The molecule has 7 heteroatoms. The predicted octanol–water partition coefficient (Wildman–Crippen LogP) is 2.42. The summed E-state index contributed by atoms with van der Waals surface area (Å²) in [4.78, 5) is 0.203. The highest BCUT2D eigenvalue weighted by Crippen LogP contribution is 2.27. The van der Waals surface area contributed by atoms with Crippen LogP contribution in [0.3, 0.4) is 0 Å². The molecule has 102 valence electrons. The zero-order valence-electron chi connectivity index (χ0n) is 10.2. The van der Waals surface area contributed by atoms with Crippen molar-refractivity contribution in [2.75, 3.05) is 20.3 Å². The molecular formula is C11H15BrClNO3S. The van der Waals surface area contributed by atoms with E-state index in [-0.39, 0.29) is 17.3 Å². The number of halogens is 2. The summed E-state index contributed by atoms with van der Waals surface area (Å²) in [5.74, 6) is 0.273. The molecule has 0 unspecified atom stereocenters. The molecule has 0 aliphatic carbocycles. The van der Waals surface area contributed by atoms with E-state index in [4.69, 9.17) is 16.3 Å². The summed E-state index contributed by atoms with van der Waals surface area (Å²) in [5, 5.41) is 0. The Bertz CT molecular complexity index is 519. The molecule has 0 saturated carbocycles. The van der Waals surface area contributed by atoms with Crippen molar-refractivity contribution < 1.29 is 13.2 Å². The van der Waals surface area contributed by atoms with Crippen molar-refractivity contribution in [3.05, 3.63) is 27.7 Å². The predicted molar refractivity (Wildman–Crippen MR) is 75.5 cm³/mol. The van der Waals surface area contributed by atoms with E-state index >= 15 is 0 Å². The lowest BCUT2D eigenvalue weighted by molar-refractivity contribution is 0.204. The number of hydrogen-bond donors (Lipinski definition) is 1. The van der Waals surface area contributed by atoms with Gasteiger partial charge in [0.15, 0.2) is 0 Å². The highest BCUT2D eigenvalue weighted by atomic mass is 79.9. The normalized spacial score (nSPS) is 11.8. The molecule has 0 saturated heterocycles. The highest BCUT2D eigenvalue weighted by Gasteiger charge is 2.19. The van der Waals surface area contributed by atoms with Gasteiger partial charge in [-0.1, -0.05) is 6.07 Å². The van der Waals surface area contributed by atoms with Gasteiger partial charge in [0.25, 0.3) is 0 Å². The third kappa shape index (κ3) is 3.93. The standard InChI is InChI=1S/C11H15BrClNO3S/c1-8-5-9(7-13)6-10(11(8)12)18(15,16)14-3-4-17-2/h5-6,14H,3-4,7H2,1-2H3. The molecule has 0 fully saturated rings. The van der Waals surface area contributed by atoms with Crippen LogP contribution < -0.4 is 4.72 Å². The Morgan fingerprint density at radius 1 is 1.44 bits per heavy atom. The molecule has 0 amide bonds. The van der Waals surface area contributed by atoms with Crippen molar-refractivity contribution in [1.29, 1.82) is 0 Å². The van der Waals surface area contributed by atoms with Gasteiger partial charge >= 0.3 is 0 Å². The van der Waals surface area contributed by atoms with Gasteiger partial charge < -0.3 is 4.74 Å². The summed E-state index contributed by atoms with van der Waals surface area (Å²) in [6.45, 7) is 2.38. The fraction of sp³-hybridized carbons (Fsp3) is 0.455. The third-order valence-electron chi connectivity index (χ3n) is 2.32. The molecule has 0 aliphatic rings. The fourth-order valence-corrected chi connectivity index (χ4v) is 3.67. The average Bonchev–Trinajstić information content (AvgIpc) is 2.32. The number of methoxy groups -OCH3 is 1. The number of sulfonamides is 1. The van der Waals surface area contributed by atoms with Crippen LogP contribution in [0.4, 0.5) is 0 Å². The first kappa shape index (κ1) is 15.9. The average molecular weight is 357 g/mol. The maximum atomic E-state index is 12.1. The van der Waals surface area contributed by atoms with Crippen LogP contribution in [-0.4, -0.2) is 28.7 Å². The molecule has 0 atom stereocenters. The van der Waals surface area contributed by atoms with Crippen LogP contribution >= 0.6 is 27.5 Å². The van der Waals surface area contributed by atoms with E-state index in [2.05, 4.69) is 20.7 Å². The van der Waals surface area contributed by atoms with Gasteiger partial charge in [0.1, 0.15) is 0 Å². The number of aryl methyl sites for hydroxylation is 1. The minimum Gasteiger partial charge on any atom is -0.383 e. The Kier molecular flexibility index (Phi) is 6.07.